The third-order valence-corrected chi connectivity index (χ3v) is 9.59. The average molecular weight is 621 g/mol. The third kappa shape index (κ3) is 6.75. The van der Waals surface area contributed by atoms with E-state index in [-0.39, 0.29) is 5.41 Å². The van der Waals surface area contributed by atoms with Crippen LogP contribution in [0.5, 0.6) is 0 Å². The summed E-state index contributed by atoms with van der Waals surface area (Å²) in [5.41, 5.74) is 11.3. The highest BCUT2D eigenvalue weighted by Crippen LogP contribution is 2.45. The van der Waals surface area contributed by atoms with Gasteiger partial charge in [0.05, 0.1) is 11.4 Å². The summed E-state index contributed by atoms with van der Waals surface area (Å²) in [5.74, 6) is 0.746. The van der Waals surface area contributed by atoms with Gasteiger partial charge >= 0.3 is 0 Å². The molecule has 0 bridgehead atoms. The van der Waals surface area contributed by atoms with Crippen LogP contribution in [0.4, 0.5) is 0 Å². The van der Waals surface area contributed by atoms with E-state index in [1.165, 1.54) is 41.5 Å². The van der Waals surface area contributed by atoms with Crippen molar-refractivity contribution in [2.45, 2.75) is 37.5 Å². The molecule has 0 spiro atoms. The summed E-state index contributed by atoms with van der Waals surface area (Å²) in [6.07, 6.45) is 14.4. The molecule has 48 heavy (non-hydrogen) atoms. The second-order valence-electron chi connectivity index (χ2n) is 12.6. The van der Waals surface area contributed by atoms with Crippen LogP contribution in [0.25, 0.3) is 45.6 Å². The second-order valence-corrected chi connectivity index (χ2v) is 12.6. The summed E-state index contributed by atoms with van der Waals surface area (Å²) >= 11 is 0. The number of aromatic nitrogens is 2. The lowest BCUT2D eigenvalue weighted by molar-refractivity contribution is 0.346. The summed E-state index contributed by atoms with van der Waals surface area (Å²) in [6, 6.07) is 51.6. The molecule has 1 aliphatic carbocycles. The number of nitrogens with zero attached hydrogens (tertiary/aromatic N) is 2. The Balaban J connectivity index is 1.20. The summed E-state index contributed by atoms with van der Waals surface area (Å²) in [4.78, 5) is 10.1. The van der Waals surface area contributed by atoms with Crippen molar-refractivity contribution in [3.63, 3.8) is 0 Å². The number of rotatable bonds is 9. The minimum absolute atomic E-state index is 0.00108. The van der Waals surface area contributed by atoms with Crippen molar-refractivity contribution in [3.05, 3.63) is 193 Å². The Labute approximate surface area is 284 Å². The summed E-state index contributed by atoms with van der Waals surface area (Å²) in [5, 5.41) is 0. The fraction of sp³-hybridized carbons (Fsp3) is 0.130. The molecule has 0 atom stereocenters. The maximum atomic E-state index is 5.06. The van der Waals surface area contributed by atoms with Gasteiger partial charge in [-0.1, -0.05) is 190 Å². The average Bonchev–Trinajstić information content (AvgIpc) is 3.18. The molecule has 6 aromatic rings. The van der Waals surface area contributed by atoms with Crippen LogP contribution in [0.1, 0.15) is 54.4 Å². The van der Waals surface area contributed by atoms with Crippen LogP contribution < -0.4 is 0 Å². The van der Waals surface area contributed by atoms with E-state index in [2.05, 4.69) is 152 Å². The van der Waals surface area contributed by atoms with Gasteiger partial charge in [0.25, 0.3) is 0 Å². The molecule has 1 heterocycles. The molecular weight excluding hydrogens is 581 g/mol. The largest absolute Gasteiger partial charge is 0.228 e. The Morgan fingerprint density at radius 2 is 1.08 bits per heavy atom. The molecule has 0 amide bonds. The molecule has 0 saturated heterocycles. The molecule has 0 radical (unpaired) electrons. The molecule has 0 N–H and O–H groups in total. The first-order chi connectivity index (χ1) is 23.7. The van der Waals surface area contributed by atoms with Gasteiger partial charge in [-0.05, 0) is 46.7 Å². The third-order valence-electron chi connectivity index (χ3n) is 9.59. The van der Waals surface area contributed by atoms with Crippen LogP contribution in [0.2, 0.25) is 0 Å². The van der Waals surface area contributed by atoms with Gasteiger partial charge in [-0.25, -0.2) is 9.97 Å². The van der Waals surface area contributed by atoms with E-state index in [0.717, 1.165) is 52.3 Å². The Kier molecular flexibility index (Phi) is 9.33. The van der Waals surface area contributed by atoms with Gasteiger partial charge in [0.1, 0.15) is 0 Å². The molecule has 0 aliphatic heterocycles. The first kappa shape index (κ1) is 31.0. The Hall–Kier alpha value is -5.60. The highest BCUT2D eigenvalue weighted by Gasteiger charge is 2.35. The highest BCUT2D eigenvalue weighted by atomic mass is 14.9. The van der Waals surface area contributed by atoms with Crippen molar-refractivity contribution in [1.29, 1.82) is 0 Å². The number of hydrogen-bond acceptors (Lipinski definition) is 2. The predicted molar refractivity (Wildman–Crippen MR) is 202 cm³/mol. The van der Waals surface area contributed by atoms with Gasteiger partial charge in [0.15, 0.2) is 5.82 Å². The molecule has 5 aromatic carbocycles. The SMILES string of the molecule is C=C/C=C(\C=C\c1ccc(C2(c3ccc(-c4nc(-c5ccccc5)cc(-c5ccccc5)n4)cc3)CCCCC2)cc1)c1ccccc1. The summed E-state index contributed by atoms with van der Waals surface area (Å²) in [6.45, 7) is 3.92. The van der Waals surface area contributed by atoms with E-state index in [9.17, 15) is 0 Å². The molecule has 2 heteroatoms. The van der Waals surface area contributed by atoms with Gasteiger partial charge in [0, 0.05) is 22.1 Å². The maximum Gasteiger partial charge on any atom is 0.160 e. The van der Waals surface area contributed by atoms with Crippen molar-refractivity contribution in [2.75, 3.05) is 0 Å². The van der Waals surface area contributed by atoms with Gasteiger partial charge in [-0.2, -0.15) is 0 Å². The fourth-order valence-corrected chi connectivity index (χ4v) is 7.03. The van der Waals surface area contributed by atoms with Gasteiger partial charge in [-0.3, -0.25) is 0 Å². The van der Waals surface area contributed by atoms with Crippen LogP contribution in [0.3, 0.4) is 0 Å². The number of allylic oxidation sites excluding steroid dienone is 4. The Morgan fingerprint density at radius 1 is 0.562 bits per heavy atom. The van der Waals surface area contributed by atoms with E-state index in [1.54, 1.807) is 0 Å². The zero-order valence-electron chi connectivity index (χ0n) is 27.3. The predicted octanol–water partition coefficient (Wildman–Crippen LogP) is 12.0. The number of benzene rings is 5. The van der Waals surface area contributed by atoms with Crippen LogP contribution in [0.15, 0.2) is 170 Å². The monoisotopic (exact) mass is 620 g/mol. The van der Waals surface area contributed by atoms with Crippen LogP contribution in [-0.2, 0) is 5.41 Å². The van der Waals surface area contributed by atoms with Crippen LogP contribution in [0, 0.1) is 0 Å². The number of hydrogen-bond donors (Lipinski definition) is 0. The smallest absolute Gasteiger partial charge is 0.160 e. The highest BCUT2D eigenvalue weighted by molar-refractivity contribution is 5.80. The lowest BCUT2D eigenvalue weighted by atomic mass is 9.65. The fourth-order valence-electron chi connectivity index (χ4n) is 7.03. The van der Waals surface area contributed by atoms with E-state index >= 15 is 0 Å². The Morgan fingerprint density at radius 3 is 1.62 bits per heavy atom. The Bertz CT molecular complexity index is 1960. The first-order valence-electron chi connectivity index (χ1n) is 17.0. The van der Waals surface area contributed by atoms with Crippen molar-refractivity contribution in [2.24, 2.45) is 0 Å². The normalized spacial score (nSPS) is 14.5. The lowest BCUT2D eigenvalue weighted by Crippen LogP contribution is -2.30. The molecule has 7 rings (SSSR count). The van der Waals surface area contributed by atoms with Crippen LogP contribution >= 0.6 is 0 Å². The zero-order chi connectivity index (χ0) is 32.6. The molecule has 0 unspecified atom stereocenters. The van der Waals surface area contributed by atoms with Gasteiger partial charge in [0.2, 0.25) is 0 Å². The summed E-state index contributed by atoms with van der Waals surface area (Å²) < 4.78 is 0. The van der Waals surface area contributed by atoms with Crippen molar-refractivity contribution >= 4 is 11.6 Å². The van der Waals surface area contributed by atoms with E-state index in [0.29, 0.717) is 0 Å². The molecule has 1 fully saturated rings. The molecule has 1 saturated carbocycles. The maximum absolute atomic E-state index is 5.06. The van der Waals surface area contributed by atoms with E-state index in [1.807, 2.05) is 24.3 Å². The minimum atomic E-state index is -0.00108. The molecule has 234 valence electrons. The lowest BCUT2D eigenvalue weighted by Gasteiger charge is -2.39. The first-order valence-corrected chi connectivity index (χ1v) is 17.0. The van der Waals surface area contributed by atoms with Crippen LogP contribution in [-0.4, -0.2) is 9.97 Å². The summed E-state index contributed by atoms with van der Waals surface area (Å²) in [7, 11) is 0. The van der Waals surface area contributed by atoms with E-state index < -0.39 is 0 Å². The molecule has 1 aromatic heterocycles. The van der Waals surface area contributed by atoms with Crippen molar-refractivity contribution in [1.82, 2.24) is 9.97 Å². The minimum Gasteiger partial charge on any atom is -0.228 e. The molecule has 1 aliphatic rings. The zero-order valence-corrected chi connectivity index (χ0v) is 27.3. The standard InChI is InChI=1S/C46H40N2/c1-2-15-36(37-16-7-3-8-17-37)25-22-35-23-28-41(29-24-35)46(32-13-6-14-33-46)42-30-26-40(27-31-42)45-47-43(38-18-9-4-10-19-38)34-44(48-45)39-20-11-5-12-21-39/h2-5,7-12,15-31,34H,1,6,13-14,32-33H2/b25-22+,36-15+. The van der Waals surface area contributed by atoms with Crippen molar-refractivity contribution < 1.29 is 0 Å². The van der Waals surface area contributed by atoms with Gasteiger partial charge in [-0.15, -0.1) is 0 Å². The quantitative estimate of drug-likeness (QED) is 0.150. The molecule has 2 nitrogen and oxygen atoms in total. The second kappa shape index (κ2) is 14.4. The molecular formula is C46H40N2. The van der Waals surface area contributed by atoms with Crippen molar-refractivity contribution in [3.8, 4) is 33.9 Å². The van der Waals surface area contributed by atoms with Gasteiger partial charge < -0.3 is 0 Å². The van der Waals surface area contributed by atoms with E-state index in [4.69, 9.17) is 9.97 Å². The topological polar surface area (TPSA) is 25.8 Å².